The lowest BCUT2D eigenvalue weighted by Crippen LogP contribution is -1.92. The van der Waals surface area contributed by atoms with Gasteiger partial charge in [-0.2, -0.15) is 0 Å². The number of alkyl halides is 1. The van der Waals surface area contributed by atoms with Crippen LogP contribution in [-0.2, 0) is 0 Å². The number of halogens is 3. The predicted molar refractivity (Wildman–Crippen MR) is 81.5 cm³/mol. The van der Waals surface area contributed by atoms with E-state index < -0.39 is 5.38 Å². The van der Waals surface area contributed by atoms with E-state index in [-0.39, 0.29) is 5.82 Å². The first kappa shape index (κ1) is 14.2. The fraction of sp³-hybridized carbons (Fsp3) is 0.0667. The zero-order valence-corrected chi connectivity index (χ0v) is 13.0. The standard InChI is InChI=1S/C15H9BrClFN2O/c16-12-8-10(18)6-7-11(12)14-19-20-15(21-14)13(17)9-4-2-1-3-5-9/h1-8,13H. The minimum atomic E-state index is -0.522. The van der Waals surface area contributed by atoms with Gasteiger partial charge in [-0.05, 0) is 39.7 Å². The molecule has 0 amide bonds. The first-order valence-corrected chi connectivity index (χ1v) is 7.36. The van der Waals surface area contributed by atoms with Crippen molar-refractivity contribution >= 4 is 27.5 Å². The maximum Gasteiger partial charge on any atom is 0.248 e. The van der Waals surface area contributed by atoms with Crippen LogP contribution in [0, 0.1) is 5.82 Å². The summed E-state index contributed by atoms with van der Waals surface area (Å²) in [5.74, 6) is 0.248. The average molecular weight is 368 g/mol. The van der Waals surface area contributed by atoms with E-state index in [1.165, 1.54) is 12.1 Å². The van der Waals surface area contributed by atoms with Gasteiger partial charge in [0.25, 0.3) is 0 Å². The highest BCUT2D eigenvalue weighted by atomic mass is 79.9. The first-order chi connectivity index (χ1) is 10.1. The second-order valence-corrected chi connectivity index (χ2v) is 5.63. The van der Waals surface area contributed by atoms with Gasteiger partial charge in [0.1, 0.15) is 11.2 Å². The summed E-state index contributed by atoms with van der Waals surface area (Å²) in [4.78, 5) is 0. The van der Waals surface area contributed by atoms with E-state index >= 15 is 0 Å². The Morgan fingerprint density at radius 1 is 1.10 bits per heavy atom. The molecule has 0 saturated carbocycles. The number of hydrogen-bond acceptors (Lipinski definition) is 3. The summed E-state index contributed by atoms with van der Waals surface area (Å²) in [6, 6.07) is 13.7. The van der Waals surface area contributed by atoms with Crippen molar-refractivity contribution < 1.29 is 8.81 Å². The largest absolute Gasteiger partial charge is 0.419 e. The molecule has 3 rings (SSSR count). The first-order valence-electron chi connectivity index (χ1n) is 6.13. The van der Waals surface area contributed by atoms with Crippen molar-refractivity contribution in [1.82, 2.24) is 10.2 Å². The van der Waals surface area contributed by atoms with Crippen LogP contribution in [-0.4, -0.2) is 10.2 Å². The molecule has 1 unspecified atom stereocenters. The van der Waals surface area contributed by atoms with Crippen molar-refractivity contribution in [3.05, 3.63) is 70.3 Å². The van der Waals surface area contributed by atoms with Crippen LogP contribution in [0.1, 0.15) is 16.8 Å². The van der Waals surface area contributed by atoms with E-state index in [0.29, 0.717) is 21.8 Å². The number of nitrogens with zero attached hydrogens (tertiary/aromatic N) is 2. The fourth-order valence-electron chi connectivity index (χ4n) is 1.87. The smallest absolute Gasteiger partial charge is 0.248 e. The molecule has 0 aliphatic carbocycles. The van der Waals surface area contributed by atoms with Crippen molar-refractivity contribution in [3.63, 3.8) is 0 Å². The monoisotopic (exact) mass is 366 g/mol. The van der Waals surface area contributed by atoms with Crippen molar-refractivity contribution in [1.29, 1.82) is 0 Å². The topological polar surface area (TPSA) is 38.9 Å². The van der Waals surface area contributed by atoms with Crippen LogP contribution in [0.25, 0.3) is 11.5 Å². The predicted octanol–water partition coefficient (Wildman–Crippen LogP) is 4.97. The van der Waals surface area contributed by atoms with Crippen molar-refractivity contribution in [3.8, 4) is 11.5 Å². The molecule has 0 radical (unpaired) electrons. The van der Waals surface area contributed by atoms with Gasteiger partial charge in [-0.15, -0.1) is 21.8 Å². The lowest BCUT2D eigenvalue weighted by Gasteiger charge is -2.04. The summed E-state index contributed by atoms with van der Waals surface area (Å²) in [7, 11) is 0. The number of rotatable bonds is 3. The Morgan fingerprint density at radius 2 is 1.86 bits per heavy atom. The van der Waals surface area contributed by atoms with E-state index in [1.54, 1.807) is 6.07 Å². The summed E-state index contributed by atoms with van der Waals surface area (Å²) in [5.41, 5.74) is 1.49. The van der Waals surface area contributed by atoms with Gasteiger partial charge in [-0.25, -0.2) is 4.39 Å². The number of hydrogen-bond donors (Lipinski definition) is 0. The Kier molecular flexibility index (Phi) is 4.03. The summed E-state index contributed by atoms with van der Waals surface area (Å²) in [6.45, 7) is 0. The highest BCUT2D eigenvalue weighted by Gasteiger charge is 2.19. The summed E-state index contributed by atoms with van der Waals surface area (Å²) in [6.07, 6.45) is 0. The second-order valence-electron chi connectivity index (χ2n) is 4.34. The molecule has 1 heterocycles. The minimum absolute atomic E-state index is 0.290. The normalized spacial score (nSPS) is 12.3. The van der Waals surface area contributed by atoms with Crippen LogP contribution in [0.5, 0.6) is 0 Å². The lowest BCUT2D eigenvalue weighted by atomic mass is 10.1. The molecular weight excluding hydrogens is 359 g/mol. The molecule has 6 heteroatoms. The molecule has 21 heavy (non-hydrogen) atoms. The van der Waals surface area contributed by atoms with Crippen LogP contribution in [0.15, 0.2) is 57.4 Å². The second kappa shape index (κ2) is 5.95. The molecule has 3 aromatic rings. The molecular formula is C15H9BrClFN2O. The van der Waals surface area contributed by atoms with Gasteiger partial charge in [-0.1, -0.05) is 30.3 Å². The zero-order chi connectivity index (χ0) is 14.8. The van der Waals surface area contributed by atoms with Gasteiger partial charge in [0.15, 0.2) is 0 Å². The SMILES string of the molecule is Fc1ccc(-c2nnc(C(Cl)c3ccccc3)o2)c(Br)c1. The van der Waals surface area contributed by atoms with Crippen LogP contribution >= 0.6 is 27.5 Å². The molecule has 0 fully saturated rings. The van der Waals surface area contributed by atoms with Crippen LogP contribution in [0.2, 0.25) is 0 Å². The van der Waals surface area contributed by atoms with E-state index in [4.69, 9.17) is 16.0 Å². The zero-order valence-electron chi connectivity index (χ0n) is 10.6. The Hall–Kier alpha value is -1.72. The summed E-state index contributed by atoms with van der Waals surface area (Å²) in [5, 5.41) is 7.42. The van der Waals surface area contributed by atoms with E-state index in [9.17, 15) is 4.39 Å². The molecule has 0 aliphatic rings. The molecule has 1 atom stereocenters. The molecule has 106 valence electrons. The lowest BCUT2D eigenvalue weighted by molar-refractivity contribution is 0.513. The van der Waals surface area contributed by atoms with Crippen molar-refractivity contribution in [2.45, 2.75) is 5.38 Å². The third-order valence-corrected chi connectivity index (χ3v) is 4.01. The Labute approximate surface area is 133 Å². The van der Waals surface area contributed by atoms with Gasteiger partial charge in [-0.3, -0.25) is 0 Å². The Balaban J connectivity index is 1.93. The maximum absolute atomic E-state index is 13.1. The highest BCUT2D eigenvalue weighted by molar-refractivity contribution is 9.10. The fourth-order valence-corrected chi connectivity index (χ4v) is 2.63. The molecule has 0 bridgehead atoms. The Bertz CT molecular complexity index is 763. The van der Waals surface area contributed by atoms with Gasteiger partial charge in [0.05, 0.1) is 5.56 Å². The molecule has 2 aromatic carbocycles. The highest BCUT2D eigenvalue weighted by Crippen LogP contribution is 2.32. The van der Waals surface area contributed by atoms with Crippen LogP contribution < -0.4 is 0 Å². The van der Waals surface area contributed by atoms with Gasteiger partial charge in [0.2, 0.25) is 11.8 Å². The maximum atomic E-state index is 13.1. The van der Waals surface area contributed by atoms with E-state index in [0.717, 1.165) is 5.56 Å². The molecule has 0 spiro atoms. The van der Waals surface area contributed by atoms with Gasteiger partial charge in [0, 0.05) is 4.47 Å². The molecule has 0 N–H and O–H groups in total. The number of aromatic nitrogens is 2. The average Bonchev–Trinajstić information content (AvgIpc) is 2.97. The molecule has 1 aromatic heterocycles. The van der Waals surface area contributed by atoms with E-state index in [2.05, 4.69) is 26.1 Å². The van der Waals surface area contributed by atoms with Crippen LogP contribution in [0.4, 0.5) is 4.39 Å². The summed E-state index contributed by atoms with van der Waals surface area (Å²) < 4.78 is 19.2. The van der Waals surface area contributed by atoms with Gasteiger partial charge < -0.3 is 4.42 Å². The van der Waals surface area contributed by atoms with Crippen LogP contribution in [0.3, 0.4) is 0 Å². The van der Waals surface area contributed by atoms with Crippen molar-refractivity contribution in [2.24, 2.45) is 0 Å². The summed E-state index contributed by atoms with van der Waals surface area (Å²) >= 11 is 9.60. The Morgan fingerprint density at radius 3 is 2.57 bits per heavy atom. The minimum Gasteiger partial charge on any atom is -0.419 e. The van der Waals surface area contributed by atoms with E-state index in [1.807, 2.05) is 30.3 Å². The quantitative estimate of drug-likeness (QED) is 0.614. The third-order valence-electron chi connectivity index (χ3n) is 2.91. The third kappa shape index (κ3) is 2.99. The molecule has 0 saturated heterocycles. The molecule has 3 nitrogen and oxygen atoms in total. The molecule has 0 aliphatic heterocycles. The van der Waals surface area contributed by atoms with Gasteiger partial charge >= 0.3 is 0 Å². The van der Waals surface area contributed by atoms with Crippen molar-refractivity contribution in [2.75, 3.05) is 0 Å². The number of benzene rings is 2.